The summed E-state index contributed by atoms with van der Waals surface area (Å²) in [5.74, 6) is -2.26. The van der Waals surface area contributed by atoms with Crippen LogP contribution in [-0.2, 0) is 9.59 Å². The number of carbonyl (C=O) groups excluding carboxylic acids is 2. The molecule has 0 aromatic rings. The first-order valence-electron chi connectivity index (χ1n) is 5.68. The van der Waals surface area contributed by atoms with Crippen LogP contribution in [0.25, 0.3) is 0 Å². The van der Waals surface area contributed by atoms with E-state index in [4.69, 9.17) is 11.5 Å². The first kappa shape index (κ1) is 13.1. The Morgan fingerprint density at radius 1 is 1.56 bits per heavy atom. The minimum atomic E-state index is -1.05. The first-order valence-corrected chi connectivity index (χ1v) is 5.68. The van der Waals surface area contributed by atoms with Crippen LogP contribution in [0.1, 0.15) is 33.1 Å². The van der Waals surface area contributed by atoms with Gasteiger partial charge in [-0.15, -0.1) is 0 Å². The number of hydrogen-bond acceptors (Lipinski definition) is 4. The van der Waals surface area contributed by atoms with Crippen molar-refractivity contribution in [1.82, 2.24) is 0 Å². The quantitative estimate of drug-likeness (QED) is 0.569. The molecule has 5 nitrogen and oxygen atoms in total. The molecule has 1 amide bonds. The number of primary amides is 1. The van der Waals surface area contributed by atoms with Crippen LogP contribution in [-0.4, -0.2) is 28.4 Å². The Morgan fingerprint density at radius 3 is 2.50 bits per heavy atom. The summed E-state index contributed by atoms with van der Waals surface area (Å²) in [7, 11) is 0. The van der Waals surface area contributed by atoms with Gasteiger partial charge in [-0.3, -0.25) is 9.59 Å². The molecule has 1 rings (SSSR count). The number of Topliss-reactive ketones (excluding diaryl/α,β-unsaturated/α-hetero) is 1. The zero-order valence-electron chi connectivity index (χ0n) is 9.77. The summed E-state index contributed by atoms with van der Waals surface area (Å²) in [4.78, 5) is 22.9. The molecule has 92 valence electrons. The third-order valence-corrected chi connectivity index (χ3v) is 3.75. The van der Waals surface area contributed by atoms with E-state index in [1.165, 1.54) is 0 Å². The molecular weight excluding hydrogens is 208 g/mol. The molecule has 16 heavy (non-hydrogen) atoms. The fourth-order valence-electron chi connectivity index (χ4n) is 2.65. The van der Waals surface area contributed by atoms with Crippen molar-refractivity contribution in [3.8, 4) is 0 Å². The summed E-state index contributed by atoms with van der Waals surface area (Å²) in [5.41, 5.74) is 9.90. The summed E-state index contributed by atoms with van der Waals surface area (Å²) in [6.07, 6.45) is 1.18. The molecule has 0 spiro atoms. The zero-order chi connectivity index (χ0) is 12.5. The normalized spacial score (nSPS) is 39.8. The molecule has 0 aromatic carbocycles. The van der Waals surface area contributed by atoms with Crippen molar-refractivity contribution in [3.63, 3.8) is 0 Å². The van der Waals surface area contributed by atoms with Gasteiger partial charge in [-0.2, -0.15) is 0 Å². The summed E-state index contributed by atoms with van der Waals surface area (Å²) >= 11 is 0. The van der Waals surface area contributed by atoms with Crippen molar-refractivity contribution < 1.29 is 14.7 Å². The standard InChI is InChI=1S/C11H20N2O3/c1-3-7-8(12)9(14)6(10(13)15)5-11(7,16)4-2/h6-8,16H,3-5,12H2,1-2H3,(H2,13,15)/t6?,7?,8-,11-/m0/s1. The number of carbonyl (C=O) groups is 2. The van der Waals surface area contributed by atoms with E-state index >= 15 is 0 Å². The Kier molecular flexibility index (Phi) is 3.70. The van der Waals surface area contributed by atoms with Crippen LogP contribution in [0.15, 0.2) is 0 Å². The maximum absolute atomic E-state index is 11.8. The molecule has 1 saturated carbocycles. The van der Waals surface area contributed by atoms with E-state index in [0.29, 0.717) is 12.8 Å². The average molecular weight is 228 g/mol. The Labute approximate surface area is 95.2 Å². The smallest absolute Gasteiger partial charge is 0.228 e. The second-order valence-corrected chi connectivity index (χ2v) is 4.56. The number of amides is 1. The van der Waals surface area contributed by atoms with E-state index in [-0.39, 0.29) is 18.1 Å². The molecule has 5 heteroatoms. The van der Waals surface area contributed by atoms with Crippen LogP contribution < -0.4 is 11.5 Å². The molecule has 1 aliphatic rings. The zero-order valence-corrected chi connectivity index (χ0v) is 9.77. The number of aliphatic hydroxyl groups is 1. The summed E-state index contributed by atoms with van der Waals surface area (Å²) < 4.78 is 0. The van der Waals surface area contributed by atoms with Crippen LogP contribution in [0, 0.1) is 11.8 Å². The molecule has 2 unspecified atom stereocenters. The lowest BCUT2D eigenvalue weighted by molar-refractivity contribution is -0.149. The minimum absolute atomic E-state index is 0.101. The van der Waals surface area contributed by atoms with Gasteiger partial charge in [0.2, 0.25) is 5.91 Å². The van der Waals surface area contributed by atoms with Gasteiger partial charge >= 0.3 is 0 Å². The number of nitrogens with two attached hydrogens (primary N) is 2. The second-order valence-electron chi connectivity index (χ2n) is 4.56. The monoisotopic (exact) mass is 228 g/mol. The highest BCUT2D eigenvalue weighted by Crippen LogP contribution is 2.38. The van der Waals surface area contributed by atoms with Crippen molar-refractivity contribution in [2.75, 3.05) is 0 Å². The van der Waals surface area contributed by atoms with Gasteiger partial charge in [0.1, 0.15) is 5.92 Å². The molecular formula is C11H20N2O3. The van der Waals surface area contributed by atoms with E-state index in [2.05, 4.69) is 0 Å². The molecule has 0 heterocycles. The fourth-order valence-corrected chi connectivity index (χ4v) is 2.65. The molecule has 0 aromatic heterocycles. The molecule has 5 N–H and O–H groups in total. The van der Waals surface area contributed by atoms with Crippen molar-refractivity contribution in [3.05, 3.63) is 0 Å². The molecule has 0 saturated heterocycles. The maximum Gasteiger partial charge on any atom is 0.228 e. The van der Waals surface area contributed by atoms with Gasteiger partial charge in [0.15, 0.2) is 5.78 Å². The molecule has 4 atom stereocenters. The molecule has 1 fully saturated rings. The Bertz CT molecular complexity index is 306. The highest BCUT2D eigenvalue weighted by molar-refractivity contribution is 6.04. The third-order valence-electron chi connectivity index (χ3n) is 3.75. The van der Waals surface area contributed by atoms with Crippen LogP contribution >= 0.6 is 0 Å². The first-order chi connectivity index (χ1) is 7.37. The molecule has 0 aliphatic heterocycles. The summed E-state index contributed by atoms with van der Waals surface area (Å²) in [5, 5.41) is 10.4. The fraction of sp³-hybridized carbons (Fsp3) is 0.818. The van der Waals surface area contributed by atoms with Crippen molar-refractivity contribution in [2.24, 2.45) is 23.3 Å². The topological polar surface area (TPSA) is 106 Å². The Hall–Kier alpha value is -0.940. The lowest BCUT2D eigenvalue weighted by Crippen LogP contribution is -2.60. The van der Waals surface area contributed by atoms with Crippen molar-refractivity contribution in [1.29, 1.82) is 0 Å². The van der Waals surface area contributed by atoms with Gasteiger partial charge < -0.3 is 16.6 Å². The van der Waals surface area contributed by atoms with Gasteiger partial charge in [-0.05, 0) is 19.3 Å². The van der Waals surface area contributed by atoms with E-state index in [1.54, 1.807) is 0 Å². The van der Waals surface area contributed by atoms with Crippen molar-refractivity contribution in [2.45, 2.75) is 44.8 Å². The van der Waals surface area contributed by atoms with Gasteiger partial charge in [0.25, 0.3) is 0 Å². The van der Waals surface area contributed by atoms with Gasteiger partial charge in [-0.25, -0.2) is 0 Å². The van der Waals surface area contributed by atoms with Crippen LogP contribution in [0.3, 0.4) is 0 Å². The lowest BCUT2D eigenvalue weighted by Gasteiger charge is -2.44. The molecule has 1 aliphatic carbocycles. The predicted molar refractivity (Wildman–Crippen MR) is 59.3 cm³/mol. The predicted octanol–water partition coefficient (Wildman–Crippen LogP) is -0.445. The minimum Gasteiger partial charge on any atom is -0.389 e. The van der Waals surface area contributed by atoms with E-state index < -0.39 is 23.5 Å². The number of ketones is 1. The largest absolute Gasteiger partial charge is 0.389 e. The summed E-state index contributed by atoms with van der Waals surface area (Å²) in [6, 6.07) is -0.791. The van der Waals surface area contributed by atoms with Gasteiger partial charge in [0, 0.05) is 5.92 Å². The number of hydrogen-bond donors (Lipinski definition) is 3. The van der Waals surface area contributed by atoms with E-state index in [1.807, 2.05) is 13.8 Å². The third kappa shape index (κ3) is 1.97. The second kappa shape index (κ2) is 4.51. The highest BCUT2D eigenvalue weighted by atomic mass is 16.3. The lowest BCUT2D eigenvalue weighted by atomic mass is 9.65. The van der Waals surface area contributed by atoms with E-state index in [9.17, 15) is 14.7 Å². The van der Waals surface area contributed by atoms with Gasteiger partial charge in [0.05, 0.1) is 11.6 Å². The van der Waals surface area contributed by atoms with Crippen LogP contribution in [0.4, 0.5) is 0 Å². The van der Waals surface area contributed by atoms with E-state index in [0.717, 1.165) is 0 Å². The highest BCUT2D eigenvalue weighted by Gasteiger charge is 2.50. The maximum atomic E-state index is 11.8. The Morgan fingerprint density at radius 2 is 2.12 bits per heavy atom. The SMILES string of the molecule is CCC1[C@H](N)C(=O)C(C(N)=O)C[C@@]1(O)CC. The Balaban J connectivity index is 3.04. The molecule has 0 bridgehead atoms. The number of rotatable bonds is 3. The average Bonchev–Trinajstić information content (AvgIpc) is 2.24. The summed E-state index contributed by atoms with van der Waals surface area (Å²) in [6.45, 7) is 3.70. The van der Waals surface area contributed by atoms with Crippen LogP contribution in [0.5, 0.6) is 0 Å². The van der Waals surface area contributed by atoms with Gasteiger partial charge in [-0.1, -0.05) is 13.8 Å². The molecule has 0 radical (unpaired) electrons. The van der Waals surface area contributed by atoms with Crippen LogP contribution in [0.2, 0.25) is 0 Å². The van der Waals surface area contributed by atoms with Crippen molar-refractivity contribution >= 4 is 11.7 Å².